The highest BCUT2D eigenvalue weighted by molar-refractivity contribution is 5.87. The second kappa shape index (κ2) is 8.00. The Morgan fingerprint density at radius 1 is 1.00 bits per heavy atom. The van der Waals surface area contributed by atoms with Crippen molar-refractivity contribution in [3.8, 4) is 5.75 Å². The molecule has 0 aliphatic heterocycles. The topological polar surface area (TPSA) is 46.5 Å². The molecule has 2 rings (SSSR count). The van der Waals surface area contributed by atoms with Gasteiger partial charge in [-0.2, -0.15) is 0 Å². The number of carboxylic acid groups (broad SMARTS) is 1. The molecule has 0 unspecified atom stereocenters. The number of carbonyl (C=O) groups is 1. The van der Waals surface area contributed by atoms with Crippen LogP contribution in [0, 0.1) is 5.92 Å². The van der Waals surface area contributed by atoms with Gasteiger partial charge in [0.05, 0.1) is 12.2 Å². The molecule has 0 aliphatic rings. The third-order valence-corrected chi connectivity index (χ3v) is 3.88. The van der Waals surface area contributed by atoms with E-state index in [1.54, 1.807) is 12.1 Å². The van der Waals surface area contributed by atoms with Gasteiger partial charge in [0.2, 0.25) is 0 Å². The maximum atomic E-state index is 10.9. The molecule has 2 aromatic carbocycles. The number of benzene rings is 2. The zero-order valence-corrected chi connectivity index (χ0v) is 14.9. The number of ether oxygens (including phenoxy) is 1. The summed E-state index contributed by atoms with van der Waals surface area (Å²) in [6.07, 6.45) is 0.760. The fraction of sp³-hybridized carbons (Fsp3) is 0.381. The Morgan fingerprint density at radius 3 is 2.17 bits per heavy atom. The molecule has 0 radical (unpaired) electrons. The molecule has 0 amide bonds. The minimum Gasteiger partial charge on any atom is -0.493 e. The molecule has 0 saturated heterocycles. The first kappa shape index (κ1) is 18.1. The lowest BCUT2D eigenvalue weighted by Gasteiger charge is -2.17. The lowest BCUT2D eigenvalue weighted by Crippen LogP contribution is -2.07. The predicted octanol–water partition coefficient (Wildman–Crippen LogP) is 5.13. The summed E-state index contributed by atoms with van der Waals surface area (Å²) in [5.41, 5.74) is 3.80. The van der Waals surface area contributed by atoms with Gasteiger partial charge < -0.3 is 9.84 Å². The summed E-state index contributed by atoms with van der Waals surface area (Å²) < 4.78 is 6.01. The molecule has 0 atom stereocenters. The first-order chi connectivity index (χ1) is 11.4. The maximum absolute atomic E-state index is 10.9. The summed E-state index contributed by atoms with van der Waals surface area (Å²) in [6.45, 7) is 9.33. The Hall–Kier alpha value is -2.29. The molecule has 1 N–H and O–H groups in total. The van der Waals surface area contributed by atoms with Crippen molar-refractivity contribution in [1.82, 2.24) is 0 Å². The fourth-order valence-corrected chi connectivity index (χ4v) is 2.55. The van der Waals surface area contributed by atoms with Crippen molar-refractivity contribution in [3.05, 3.63) is 64.7 Å². The average Bonchev–Trinajstić information content (AvgIpc) is 2.53. The third-order valence-electron chi connectivity index (χ3n) is 3.88. The van der Waals surface area contributed by atoms with E-state index in [0.717, 1.165) is 17.7 Å². The third kappa shape index (κ3) is 4.85. The second-order valence-corrected chi connectivity index (χ2v) is 6.91. The zero-order valence-electron chi connectivity index (χ0n) is 14.9. The van der Waals surface area contributed by atoms with E-state index in [1.807, 2.05) is 12.1 Å². The number of hydrogen-bond acceptors (Lipinski definition) is 2. The standard InChI is InChI=1S/C21H26O3/c1-14(2)13-24-20-12-17(7-10-19(20)15(3)4)11-16-5-8-18(9-6-16)21(22)23/h5-10,12,14-15H,11,13H2,1-4H3,(H,22,23). The van der Waals surface area contributed by atoms with Crippen LogP contribution in [0.4, 0.5) is 0 Å². The molecule has 3 nitrogen and oxygen atoms in total. The maximum Gasteiger partial charge on any atom is 0.335 e. The minimum atomic E-state index is -0.896. The molecule has 0 bridgehead atoms. The van der Waals surface area contributed by atoms with Crippen LogP contribution < -0.4 is 4.74 Å². The van der Waals surface area contributed by atoms with Gasteiger partial charge in [-0.25, -0.2) is 4.79 Å². The van der Waals surface area contributed by atoms with Crippen molar-refractivity contribution in [2.75, 3.05) is 6.61 Å². The van der Waals surface area contributed by atoms with Crippen LogP contribution in [0.2, 0.25) is 0 Å². The molecule has 3 heteroatoms. The van der Waals surface area contributed by atoms with E-state index >= 15 is 0 Å². The highest BCUT2D eigenvalue weighted by atomic mass is 16.5. The predicted molar refractivity (Wildman–Crippen MR) is 97.1 cm³/mol. The van der Waals surface area contributed by atoms with E-state index in [1.165, 1.54) is 11.1 Å². The first-order valence-corrected chi connectivity index (χ1v) is 8.44. The van der Waals surface area contributed by atoms with Gasteiger partial charge >= 0.3 is 5.97 Å². The van der Waals surface area contributed by atoms with Crippen molar-refractivity contribution in [1.29, 1.82) is 0 Å². The van der Waals surface area contributed by atoms with E-state index in [4.69, 9.17) is 9.84 Å². The highest BCUT2D eigenvalue weighted by Gasteiger charge is 2.10. The Labute approximate surface area is 144 Å². The fourth-order valence-electron chi connectivity index (χ4n) is 2.55. The van der Waals surface area contributed by atoms with Gasteiger partial charge in [0.1, 0.15) is 5.75 Å². The van der Waals surface area contributed by atoms with Crippen LogP contribution in [0.3, 0.4) is 0 Å². The second-order valence-electron chi connectivity index (χ2n) is 6.91. The molecule has 0 heterocycles. The van der Waals surface area contributed by atoms with Crippen molar-refractivity contribution in [2.24, 2.45) is 5.92 Å². The number of carboxylic acids is 1. The van der Waals surface area contributed by atoms with Crippen molar-refractivity contribution in [3.63, 3.8) is 0 Å². The number of rotatable bonds is 7. The summed E-state index contributed by atoms with van der Waals surface area (Å²) in [6, 6.07) is 13.4. The van der Waals surface area contributed by atoms with Crippen LogP contribution in [0.25, 0.3) is 0 Å². The molecule has 128 valence electrons. The largest absolute Gasteiger partial charge is 0.493 e. The monoisotopic (exact) mass is 326 g/mol. The molecular formula is C21H26O3. The van der Waals surface area contributed by atoms with E-state index in [9.17, 15) is 4.79 Å². The summed E-state index contributed by atoms with van der Waals surface area (Å²) in [5.74, 6) is 0.957. The summed E-state index contributed by atoms with van der Waals surface area (Å²) >= 11 is 0. The Kier molecular flexibility index (Phi) is 6.02. The zero-order chi connectivity index (χ0) is 17.7. The van der Waals surface area contributed by atoms with Crippen LogP contribution in [-0.2, 0) is 6.42 Å². The smallest absolute Gasteiger partial charge is 0.335 e. The summed E-state index contributed by atoms with van der Waals surface area (Å²) in [4.78, 5) is 10.9. The number of aromatic carboxylic acids is 1. The molecule has 24 heavy (non-hydrogen) atoms. The van der Waals surface area contributed by atoms with Gasteiger partial charge in [0.25, 0.3) is 0 Å². The minimum absolute atomic E-state index is 0.315. The van der Waals surface area contributed by atoms with Gasteiger partial charge in [0.15, 0.2) is 0 Å². The molecular weight excluding hydrogens is 300 g/mol. The summed E-state index contributed by atoms with van der Waals surface area (Å²) in [7, 11) is 0. The van der Waals surface area contributed by atoms with E-state index in [0.29, 0.717) is 24.0 Å². The lowest BCUT2D eigenvalue weighted by molar-refractivity contribution is 0.0697. The average molecular weight is 326 g/mol. The molecule has 0 aromatic heterocycles. The highest BCUT2D eigenvalue weighted by Crippen LogP contribution is 2.29. The van der Waals surface area contributed by atoms with Crippen LogP contribution in [0.1, 0.15) is 60.7 Å². The molecule has 0 saturated carbocycles. The van der Waals surface area contributed by atoms with Crippen LogP contribution >= 0.6 is 0 Å². The molecule has 0 aliphatic carbocycles. The quantitative estimate of drug-likeness (QED) is 0.767. The van der Waals surface area contributed by atoms with E-state index in [-0.39, 0.29) is 0 Å². The van der Waals surface area contributed by atoms with E-state index in [2.05, 4.69) is 45.9 Å². The summed E-state index contributed by atoms with van der Waals surface area (Å²) in [5, 5.41) is 8.97. The van der Waals surface area contributed by atoms with Crippen molar-refractivity contribution >= 4 is 5.97 Å². The van der Waals surface area contributed by atoms with Gasteiger partial charge in [-0.15, -0.1) is 0 Å². The number of hydrogen-bond donors (Lipinski definition) is 1. The SMILES string of the molecule is CC(C)COc1cc(Cc2ccc(C(=O)O)cc2)ccc1C(C)C. The van der Waals surface area contributed by atoms with Gasteiger partial charge in [-0.05, 0) is 53.1 Å². The van der Waals surface area contributed by atoms with Crippen LogP contribution in [0.15, 0.2) is 42.5 Å². The van der Waals surface area contributed by atoms with Crippen LogP contribution in [0.5, 0.6) is 5.75 Å². The van der Waals surface area contributed by atoms with Gasteiger partial charge in [0, 0.05) is 0 Å². The van der Waals surface area contributed by atoms with Crippen molar-refractivity contribution in [2.45, 2.75) is 40.0 Å². The van der Waals surface area contributed by atoms with Crippen LogP contribution in [-0.4, -0.2) is 17.7 Å². The molecule has 0 spiro atoms. The van der Waals surface area contributed by atoms with Crippen molar-refractivity contribution < 1.29 is 14.6 Å². The Bertz CT molecular complexity index is 685. The Morgan fingerprint density at radius 2 is 1.62 bits per heavy atom. The first-order valence-electron chi connectivity index (χ1n) is 8.44. The Balaban J connectivity index is 2.20. The molecule has 2 aromatic rings. The normalized spacial score (nSPS) is 11.1. The van der Waals surface area contributed by atoms with Gasteiger partial charge in [-0.3, -0.25) is 0 Å². The van der Waals surface area contributed by atoms with Gasteiger partial charge in [-0.1, -0.05) is 52.0 Å². The van der Waals surface area contributed by atoms with E-state index < -0.39 is 5.97 Å². The lowest BCUT2D eigenvalue weighted by atomic mass is 9.97. The molecule has 0 fully saturated rings.